The number of sulfonamides is 1. The minimum absolute atomic E-state index is 0.0986. The number of hydrogen-bond donors (Lipinski definition) is 1. The van der Waals surface area contributed by atoms with Gasteiger partial charge in [0.25, 0.3) is 10.0 Å². The fourth-order valence-corrected chi connectivity index (χ4v) is 3.62. The number of pyridine rings is 1. The summed E-state index contributed by atoms with van der Waals surface area (Å²) in [7, 11) is -3.70. The Morgan fingerprint density at radius 1 is 1.25 bits per heavy atom. The first-order valence-corrected chi connectivity index (χ1v) is 8.36. The van der Waals surface area contributed by atoms with Crippen LogP contribution in [0.25, 0.3) is 0 Å². The zero-order valence-corrected chi connectivity index (χ0v) is 14.0. The zero-order chi connectivity index (χ0) is 14.9. The number of nitrogens with one attached hydrogen (secondary N) is 1. The zero-order valence-electron chi connectivity index (χ0n) is 10.8. The lowest BCUT2D eigenvalue weighted by molar-refractivity contribution is 0.600. The van der Waals surface area contributed by atoms with Crippen molar-refractivity contribution in [2.45, 2.75) is 18.7 Å². The third-order valence-corrected chi connectivity index (χ3v) is 4.93. The van der Waals surface area contributed by atoms with Crippen LogP contribution in [0.2, 0.25) is 5.15 Å². The summed E-state index contributed by atoms with van der Waals surface area (Å²) in [6.07, 6.45) is 1.50. The second-order valence-corrected chi connectivity index (χ2v) is 7.29. The summed E-state index contributed by atoms with van der Waals surface area (Å²) < 4.78 is 27.9. The average Bonchev–Trinajstić information content (AvgIpc) is 2.33. The first kappa shape index (κ1) is 15.3. The van der Waals surface area contributed by atoms with Crippen molar-refractivity contribution in [2.24, 2.45) is 0 Å². The van der Waals surface area contributed by atoms with Gasteiger partial charge in [-0.15, -0.1) is 0 Å². The van der Waals surface area contributed by atoms with Crippen molar-refractivity contribution < 1.29 is 8.42 Å². The molecule has 1 aromatic carbocycles. The van der Waals surface area contributed by atoms with Crippen molar-refractivity contribution in [2.75, 3.05) is 4.72 Å². The molecule has 0 aliphatic rings. The Bertz CT molecular complexity index is 763. The molecule has 1 N–H and O–H groups in total. The van der Waals surface area contributed by atoms with Crippen LogP contribution in [-0.2, 0) is 10.0 Å². The predicted octanol–water partition coefficient (Wildman–Crippen LogP) is 3.92. The molecule has 7 heteroatoms. The van der Waals surface area contributed by atoms with Gasteiger partial charge in [0.1, 0.15) is 0 Å². The molecule has 0 unspecified atom stereocenters. The first-order chi connectivity index (χ1) is 9.29. The Kier molecular flexibility index (Phi) is 4.36. The summed E-state index contributed by atoms with van der Waals surface area (Å²) in [5, 5.41) is 0.0986. The molecular weight excluding hydrogens is 364 g/mol. The van der Waals surface area contributed by atoms with Crippen LogP contribution in [-0.4, -0.2) is 13.4 Å². The number of rotatable bonds is 3. The third-order valence-electron chi connectivity index (χ3n) is 2.67. The summed E-state index contributed by atoms with van der Waals surface area (Å²) in [5.41, 5.74) is 1.92. The minimum atomic E-state index is -3.70. The van der Waals surface area contributed by atoms with Gasteiger partial charge in [-0.2, -0.15) is 0 Å². The van der Waals surface area contributed by atoms with Crippen LogP contribution in [0.1, 0.15) is 11.1 Å². The molecule has 2 rings (SSSR count). The van der Waals surface area contributed by atoms with E-state index in [1.807, 2.05) is 13.0 Å². The van der Waals surface area contributed by atoms with E-state index < -0.39 is 10.0 Å². The van der Waals surface area contributed by atoms with E-state index in [1.54, 1.807) is 25.1 Å². The predicted molar refractivity (Wildman–Crippen MR) is 83.7 cm³/mol. The van der Waals surface area contributed by atoms with E-state index in [0.717, 1.165) is 5.56 Å². The van der Waals surface area contributed by atoms with E-state index in [1.165, 1.54) is 6.20 Å². The van der Waals surface area contributed by atoms with Gasteiger partial charge in [0.15, 0.2) is 5.15 Å². The summed E-state index contributed by atoms with van der Waals surface area (Å²) in [6, 6.07) is 6.71. The fraction of sp³-hybridized carbons (Fsp3) is 0.154. The molecule has 2 aromatic rings. The molecule has 0 radical (unpaired) electrons. The Morgan fingerprint density at radius 2 is 1.95 bits per heavy atom. The molecule has 0 spiro atoms. The molecule has 1 heterocycles. The van der Waals surface area contributed by atoms with Crippen LogP contribution in [0.15, 0.2) is 39.8 Å². The number of aromatic nitrogens is 1. The molecule has 0 fully saturated rings. The SMILES string of the molecule is Cc1ccc(S(=O)(=O)Nc2cc(Br)cnc2Cl)c(C)c1. The lowest BCUT2D eigenvalue weighted by Crippen LogP contribution is -2.15. The van der Waals surface area contributed by atoms with Crippen molar-refractivity contribution in [3.63, 3.8) is 0 Å². The number of nitrogens with zero attached hydrogens (tertiary/aromatic N) is 1. The van der Waals surface area contributed by atoms with E-state index in [2.05, 4.69) is 25.6 Å². The Morgan fingerprint density at radius 3 is 2.60 bits per heavy atom. The number of halogens is 2. The van der Waals surface area contributed by atoms with Crippen LogP contribution in [0.5, 0.6) is 0 Å². The van der Waals surface area contributed by atoms with E-state index >= 15 is 0 Å². The second-order valence-electron chi connectivity index (χ2n) is 4.37. The molecule has 0 amide bonds. The lowest BCUT2D eigenvalue weighted by atomic mass is 10.2. The molecule has 20 heavy (non-hydrogen) atoms. The highest BCUT2D eigenvalue weighted by molar-refractivity contribution is 9.10. The van der Waals surface area contributed by atoms with Gasteiger partial charge in [-0.25, -0.2) is 13.4 Å². The first-order valence-electron chi connectivity index (χ1n) is 5.71. The van der Waals surface area contributed by atoms with Gasteiger partial charge >= 0.3 is 0 Å². The molecule has 0 bridgehead atoms. The van der Waals surface area contributed by atoms with Gasteiger partial charge in [-0.05, 0) is 47.5 Å². The number of aryl methyl sites for hydroxylation is 2. The van der Waals surface area contributed by atoms with Crippen LogP contribution in [0, 0.1) is 13.8 Å². The largest absolute Gasteiger partial charge is 0.276 e. The molecule has 1 aromatic heterocycles. The molecule has 106 valence electrons. The molecule has 0 aliphatic heterocycles. The van der Waals surface area contributed by atoms with Gasteiger partial charge < -0.3 is 0 Å². The van der Waals surface area contributed by atoms with Crippen molar-refractivity contribution >= 4 is 43.2 Å². The van der Waals surface area contributed by atoms with Crippen LogP contribution in [0.4, 0.5) is 5.69 Å². The summed E-state index contributed by atoms with van der Waals surface area (Å²) >= 11 is 9.12. The smallest absolute Gasteiger partial charge is 0.262 e. The summed E-state index contributed by atoms with van der Waals surface area (Å²) in [6.45, 7) is 3.66. The van der Waals surface area contributed by atoms with Gasteiger partial charge in [0.05, 0.1) is 10.6 Å². The van der Waals surface area contributed by atoms with Crippen LogP contribution >= 0.6 is 27.5 Å². The number of anilines is 1. The molecule has 0 saturated carbocycles. The van der Waals surface area contributed by atoms with E-state index in [0.29, 0.717) is 10.0 Å². The Hall–Kier alpha value is -1.11. The maximum absolute atomic E-state index is 12.4. The quantitative estimate of drug-likeness (QED) is 0.827. The monoisotopic (exact) mass is 374 g/mol. The van der Waals surface area contributed by atoms with Crippen molar-refractivity contribution in [1.82, 2.24) is 4.98 Å². The minimum Gasteiger partial charge on any atom is -0.276 e. The van der Waals surface area contributed by atoms with Gasteiger partial charge in [0.2, 0.25) is 0 Å². The van der Waals surface area contributed by atoms with E-state index in [4.69, 9.17) is 11.6 Å². The third kappa shape index (κ3) is 3.31. The highest BCUT2D eigenvalue weighted by atomic mass is 79.9. The Labute approximate surface area is 131 Å². The lowest BCUT2D eigenvalue weighted by Gasteiger charge is -2.11. The summed E-state index contributed by atoms with van der Waals surface area (Å²) in [5.74, 6) is 0. The van der Waals surface area contributed by atoms with Crippen molar-refractivity contribution in [3.8, 4) is 0 Å². The molecule has 0 aliphatic carbocycles. The van der Waals surface area contributed by atoms with Gasteiger partial charge in [-0.3, -0.25) is 4.72 Å². The second kappa shape index (κ2) is 5.71. The topological polar surface area (TPSA) is 59.1 Å². The normalized spacial score (nSPS) is 11.4. The van der Waals surface area contributed by atoms with Crippen LogP contribution in [0.3, 0.4) is 0 Å². The standard InChI is InChI=1S/C13H12BrClN2O2S/c1-8-3-4-12(9(2)5-8)20(18,19)17-11-6-10(14)7-16-13(11)15/h3-7,17H,1-2H3. The molecule has 0 saturated heterocycles. The molecule has 0 atom stereocenters. The highest BCUT2D eigenvalue weighted by Gasteiger charge is 2.18. The van der Waals surface area contributed by atoms with E-state index in [-0.39, 0.29) is 15.7 Å². The maximum atomic E-state index is 12.4. The maximum Gasteiger partial charge on any atom is 0.262 e. The van der Waals surface area contributed by atoms with Crippen molar-refractivity contribution in [3.05, 3.63) is 51.2 Å². The fourth-order valence-electron chi connectivity index (χ4n) is 1.79. The summed E-state index contributed by atoms with van der Waals surface area (Å²) in [4.78, 5) is 4.11. The highest BCUT2D eigenvalue weighted by Crippen LogP contribution is 2.26. The number of benzene rings is 1. The van der Waals surface area contributed by atoms with Gasteiger partial charge in [0, 0.05) is 10.7 Å². The van der Waals surface area contributed by atoms with E-state index in [9.17, 15) is 8.42 Å². The Balaban J connectivity index is 2.43. The number of hydrogen-bond acceptors (Lipinski definition) is 3. The van der Waals surface area contributed by atoms with Crippen LogP contribution < -0.4 is 4.72 Å². The average molecular weight is 376 g/mol. The molecular formula is C13H12BrClN2O2S. The van der Waals surface area contributed by atoms with Gasteiger partial charge in [-0.1, -0.05) is 29.3 Å². The molecule has 4 nitrogen and oxygen atoms in total. The van der Waals surface area contributed by atoms with Crippen molar-refractivity contribution in [1.29, 1.82) is 0 Å².